The minimum atomic E-state index is -0.568. The van der Waals surface area contributed by atoms with E-state index in [1.165, 1.54) is 6.07 Å². The highest BCUT2D eigenvalue weighted by Crippen LogP contribution is 2.30. The summed E-state index contributed by atoms with van der Waals surface area (Å²) in [7, 11) is 0. The zero-order valence-corrected chi connectivity index (χ0v) is 12.4. The quantitative estimate of drug-likeness (QED) is 0.889. The molecule has 1 aromatic heterocycles. The van der Waals surface area contributed by atoms with E-state index in [4.69, 9.17) is 4.42 Å². The van der Waals surface area contributed by atoms with Crippen LogP contribution in [0.4, 0.5) is 4.39 Å². The zero-order chi connectivity index (χ0) is 15.0. The second-order valence-corrected chi connectivity index (χ2v) is 6.31. The number of rotatable bonds is 5. The van der Waals surface area contributed by atoms with Crippen LogP contribution in [0.3, 0.4) is 0 Å². The Morgan fingerprint density at radius 3 is 2.81 bits per heavy atom. The maximum atomic E-state index is 14.1. The van der Waals surface area contributed by atoms with Gasteiger partial charge in [0.25, 0.3) is 0 Å². The van der Waals surface area contributed by atoms with Gasteiger partial charge in [-0.2, -0.15) is 0 Å². The van der Waals surface area contributed by atoms with E-state index in [1.807, 2.05) is 19.9 Å². The molecule has 21 heavy (non-hydrogen) atoms. The Kier molecular flexibility index (Phi) is 3.71. The molecule has 0 unspecified atom stereocenters. The minimum Gasteiger partial charge on any atom is -0.437 e. The summed E-state index contributed by atoms with van der Waals surface area (Å²) in [6, 6.07) is 3.31. The van der Waals surface area contributed by atoms with Crippen molar-refractivity contribution in [1.82, 2.24) is 10.3 Å². The molecule has 1 heterocycles. The number of oxazole rings is 1. The van der Waals surface area contributed by atoms with E-state index >= 15 is 0 Å². The third-order valence-electron chi connectivity index (χ3n) is 4.08. The number of nitrogens with zero attached hydrogens (tertiary/aromatic N) is 1. The summed E-state index contributed by atoms with van der Waals surface area (Å²) in [5.41, 5.74) is 1.02. The summed E-state index contributed by atoms with van der Waals surface area (Å²) in [5, 5.41) is 13.2. The average molecular weight is 292 g/mol. The molecule has 0 amide bonds. The van der Waals surface area contributed by atoms with E-state index in [1.54, 1.807) is 0 Å². The molecular weight excluding hydrogens is 271 g/mol. The first-order chi connectivity index (χ1) is 9.97. The van der Waals surface area contributed by atoms with Crippen molar-refractivity contribution in [2.24, 2.45) is 0 Å². The van der Waals surface area contributed by atoms with Gasteiger partial charge in [0.05, 0.1) is 5.60 Å². The number of aromatic nitrogens is 1. The third-order valence-corrected chi connectivity index (χ3v) is 4.08. The van der Waals surface area contributed by atoms with Crippen molar-refractivity contribution < 1.29 is 13.9 Å². The lowest BCUT2D eigenvalue weighted by molar-refractivity contribution is -0.0314. The molecule has 5 heteroatoms. The molecule has 114 valence electrons. The van der Waals surface area contributed by atoms with Crippen molar-refractivity contribution in [3.8, 4) is 0 Å². The first-order valence-corrected chi connectivity index (χ1v) is 7.49. The van der Waals surface area contributed by atoms with Gasteiger partial charge in [-0.3, -0.25) is 0 Å². The normalized spacial score (nSPS) is 17.4. The monoisotopic (exact) mass is 292 g/mol. The number of aliphatic hydroxyl groups is 1. The van der Waals surface area contributed by atoms with Crippen LogP contribution in [-0.4, -0.2) is 22.2 Å². The van der Waals surface area contributed by atoms with Crippen molar-refractivity contribution >= 4 is 11.1 Å². The molecule has 1 aliphatic carbocycles. The van der Waals surface area contributed by atoms with Crippen LogP contribution in [0.5, 0.6) is 0 Å². The van der Waals surface area contributed by atoms with Gasteiger partial charge >= 0.3 is 0 Å². The first kappa shape index (κ1) is 14.5. The van der Waals surface area contributed by atoms with Gasteiger partial charge in [-0.05, 0) is 37.0 Å². The smallest absolute Gasteiger partial charge is 0.198 e. The number of nitrogens with one attached hydrogen (secondary N) is 1. The highest BCUT2D eigenvalue weighted by atomic mass is 19.1. The second kappa shape index (κ2) is 5.39. The predicted octanol–water partition coefficient (Wildman–Crippen LogP) is 3.09. The Labute approximate surface area is 123 Å². The van der Waals surface area contributed by atoms with Crippen LogP contribution in [0.1, 0.15) is 50.5 Å². The fourth-order valence-electron chi connectivity index (χ4n) is 2.61. The van der Waals surface area contributed by atoms with Crippen LogP contribution in [0.15, 0.2) is 16.5 Å². The van der Waals surface area contributed by atoms with Crippen molar-refractivity contribution in [3.05, 3.63) is 29.4 Å². The molecule has 1 aliphatic rings. The molecule has 2 N–H and O–H groups in total. The summed E-state index contributed by atoms with van der Waals surface area (Å²) >= 11 is 0. The first-order valence-electron chi connectivity index (χ1n) is 7.49. The van der Waals surface area contributed by atoms with Gasteiger partial charge in [0, 0.05) is 19.0 Å². The molecule has 1 saturated carbocycles. The van der Waals surface area contributed by atoms with E-state index in [0.717, 1.165) is 24.8 Å². The van der Waals surface area contributed by atoms with Crippen LogP contribution in [0, 0.1) is 5.82 Å². The van der Waals surface area contributed by atoms with Crippen molar-refractivity contribution in [3.63, 3.8) is 0 Å². The van der Waals surface area contributed by atoms with Gasteiger partial charge in [0.1, 0.15) is 5.52 Å². The number of benzene rings is 1. The number of hydrogen-bond donors (Lipinski definition) is 2. The molecule has 0 saturated heterocycles. The second-order valence-electron chi connectivity index (χ2n) is 6.31. The Bertz CT molecular complexity index is 647. The van der Waals surface area contributed by atoms with Gasteiger partial charge in [0.2, 0.25) is 0 Å². The number of hydrogen-bond acceptors (Lipinski definition) is 4. The Hall–Kier alpha value is -1.46. The van der Waals surface area contributed by atoms with Gasteiger partial charge < -0.3 is 14.8 Å². The van der Waals surface area contributed by atoms with Crippen LogP contribution in [0.2, 0.25) is 0 Å². The Balaban J connectivity index is 1.73. The molecule has 0 bridgehead atoms. The molecule has 0 aliphatic heterocycles. The topological polar surface area (TPSA) is 58.3 Å². The average Bonchev–Trinajstić information content (AvgIpc) is 2.81. The van der Waals surface area contributed by atoms with E-state index < -0.39 is 5.60 Å². The van der Waals surface area contributed by atoms with E-state index in [0.29, 0.717) is 24.5 Å². The van der Waals surface area contributed by atoms with Crippen LogP contribution in [0.25, 0.3) is 11.1 Å². The lowest BCUT2D eigenvalue weighted by Gasteiger charge is -2.36. The van der Waals surface area contributed by atoms with Gasteiger partial charge in [-0.15, -0.1) is 0 Å². The standard InChI is InChI=1S/C16H21FN2O2/c1-10(2)15-19-13-7-11(6-12(17)14(13)21-15)8-18-9-16(20)4-3-5-16/h6-7,10,18,20H,3-5,8-9H2,1-2H3. The minimum absolute atomic E-state index is 0.131. The number of fused-ring (bicyclic) bond motifs is 1. The predicted molar refractivity (Wildman–Crippen MR) is 78.6 cm³/mol. The molecule has 0 atom stereocenters. The Morgan fingerprint density at radius 1 is 1.43 bits per heavy atom. The van der Waals surface area contributed by atoms with Crippen LogP contribution in [-0.2, 0) is 6.54 Å². The van der Waals surface area contributed by atoms with Crippen LogP contribution < -0.4 is 5.32 Å². The summed E-state index contributed by atoms with van der Waals surface area (Å²) in [6.45, 7) is 4.98. The lowest BCUT2D eigenvalue weighted by atomic mass is 9.80. The van der Waals surface area contributed by atoms with Gasteiger partial charge in [-0.25, -0.2) is 9.37 Å². The van der Waals surface area contributed by atoms with E-state index in [-0.39, 0.29) is 17.3 Å². The molecule has 1 fully saturated rings. The fourth-order valence-corrected chi connectivity index (χ4v) is 2.61. The van der Waals surface area contributed by atoms with Gasteiger partial charge in [0.15, 0.2) is 17.3 Å². The summed E-state index contributed by atoms with van der Waals surface area (Å²) in [6.07, 6.45) is 2.76. The SMILES string of the molecule is CC(C)c1nc2cc(CNCC3(O)CCC3)cc(F)c2o1. The molecule has 0 spiro atoms. The van der Waals surface area contributed by atoms with Crippen molar-refractivity contribution in [2.75, 3.05) is 6.54 Å². The van der Waals surface area contributed by atoms with E-state index in [2.05, 4.69) is 10.3 Å². The molecule has 3 rings (SSSR count). The maximum absolute atomic E-state index is 14.1. The lowest BCUT2D eigenvalue weighted by Crippen LogP contribution is -2.45. The molecule has 0 radical (unpaired) electrons. The Morgan fingerprint density at radius 2 is 2.19 bits per heavy atom. The molecule has 1 aromatic carbocycles. The highest BCUT2D eigenvalue weighted by molar-refractivity contribution is 5.74. The van der Waals surface area contributed by atoms with Gasteiger partial charge in [-0.1, -0.05) is 13.8 Å². The zero-order valence-electron chi connectivity index (χ0n) is 12.4. The van der Waals surface area contributed by atoms with Crippen molar-refractivity contribution in [1.29, 1.82) is 0 Å². The molecular formula is C16H21FN2O2. The summed E-state index contributed by atoms with van der Waals surface area (Å²) in [5.74, 6) is 0.301. The summed E-state index contributed by atoms with van der Waals surface area (Å²) in [4.78, 5) is 4.33. The number of halogens is 1. The largest absolute Gasteiger partial charge is 0.437 e. The highest BCUT2D eigenvalue weighted by Gasteiger charge is 2.33. The maximum Gasteiger partial charge on any atom is 0.198 e. The molecule has 4 nitrogen and oxygen atoms in total. The van der Waals surface area contributed by atoms with Crippen LogP contribution >= 0.6 is 0 Å². The van der Waals surface area contributed by atoms with E-state index in [9.17, 15) is 9.50 Å². The third kappa shape index (κ3) is 2.94. The molecule has 2 aromatic rings. The summed E-state index contributed by atoms with van der Waals surface area (Å²) < 4.78 is 19.5. The fraction of sp³-hybridized carbons (Fsp3) is 0.562. The van der Waals surface area contributed by atoms with Crippen molar-refractivity contribution in [2.45, 2.75) is 51.2 Å².